The Kier molecular flexibility index (Phi) is 6.21. The van der Waals surface area contributed by atoms with Crippen molar-refractivity contribution in [3.05, 3.63) is 5.82 Å². The number of aryl methyl sites for hydroxylation is 2. The van der Waals surface area contributed by atoms with Gasteiger partial charge in [-0.3, -0.25) is 4.79 Å². The lowest BCUT2D eigenvalue weighted by Gasteiger charge is -2.03. The zero-order chi connectivity index (χ0) is 12.5. The molecule has 0 aliphatic rings. The first kappa shape index (κ1) is 13.6. The molecule has 0 aliphatic carbocycles. The van der Waals surface area contributed by atoms with Crippen LogP contribution in [0.5, 0.6) is 0 Å². The van der Waals surface area contributed by atoms with Crippen molar-refractivity contribution in [2.45, 2.75) is 58.4 Å². The van der Waals surface area contributed by atoms with Crippen LogP contribution in [0.1, 0.15) is 51.3 Å². The highest BCUT2D eigenvalue weighted by atomic mass is 16.4. The second-order valence-electron chi connectivity index (χ2n) is 4.13. The van der Waals surface area contributed by atoms with Crippen LogP contribution in [0.4, 0.5) is 0 Å². The lowest BCUT2D eigenvalue weighted by molar-refractivity contribution is -0.137. The molecule has 0 saturated heterocycles. The number of unbranched alkanes of at least 4 members (excludes halogenated alkanes) is 3. The molecule has 17 heavy (non-hydrogen) atoms. The Balaban J connectivity index is 2.21. The molecule has 0 fully saturated rings. The fraction of sp³-hybridized carbons (Fsp3) is 0.818. The molecule has 1 heterocycles. The summed E-state index contributed by atoms with van der Waals surface area (Å²) < 4.78 is 1.83. The van der Waals surface area contributed by atoms with E-state index < -0.39 is 5.97 Å². The molecule has 0 unspecified atom stereocenters. The van der Waals surface area contributed by atoms with Gasteiger partial charge in [0.05, 0.1) is 0 Å². The Morgan fingerprint density at radius 2 is 2.12 bits per heavy atom. The summed E-state index contributed by atoms with van der Waals surface area (Å²) in [6.07, 6.45) is 5.94. The minimum absolute atomic E-state index is 0.248. The lowest BCUT2D eigenvalue weighted by atomic mass is 10.2. The zero-order valence-corrected chi connectivity index (χ0v) is 10.3. The standard InChI is InChI=1S/C11H20N4O2/c1-2-3-7-10-12-13-14-15(10)9-6-4-5-8-11(16)17/h2-9H2,1H3,(H,16,17). The number of aromatic nitrogens is 4. The first-order valence-electron chi connectivity index (χ1n) is 6.21. The smallest absolute Gasteiger partial charge is 0.303 e. The maximum atomic E-state index is 10.3. The average molecular weight is 240 g/mol. The van der Waals surface area contributed by atoms with Crippen LogP contribution < -0.4 is 0 Å². The Labute approximate surface area is 101 Å². The van der Waals surface area contributed by atoms with Gasteiger partial charge in [-0.15, -0.1) is 5.10 Å². The van der Waals surface area contributed by atoms with Gasteiger partial charge in [-0.1, -0.05) is 19.8 Å². The van der Waals surface area contributed by atoms with Crippen molar-refractivity contribution in [2.24, 2.45) is 0 Å². The first-order valence-corrected chi connectivity index (χ1v) is 6.21. The van der Waals surface area contributed by atoms with Crippen molar-refractivity contribution >= 4 is 5.97 Å². The van der Waals surface area contributed by atoms with E-state index in [2.05, 4.69) is 22.4 Å². The van der Waals surface area contributed by atoms with Gasteiger partial charge in [-0.2, -0.15) is 0 Å². The predicted octanol–water partition coefficient (Wildman–Crippen LogP) is 1.66. The highest BCUT2D eigenvalue weighted by Gasteiger charge is 2.05. The maximum Gasteiger partial charge on any atom is 0.303 e. The quantitative estimate of drug-likeness (QED) is 0.664. The summed E-state index contributed by atoms with van der Waals surface area (Å²) in [7, 11) is 0. The Hall–Kier alpha value is -1.46. The van der Waals surface area contributed by atoms with Crippen molar-refractivity contribution in [3.8, 4) is 0 Å². The summed E-state index contributed by atoms with van der Waals surface area (Å²) in [4.78, 5) is 10.3. The van der Waals surface area contributed by atoms with Crippen LogP contribution in [0, 0.1) is 0 Å². The van der Waals surface area contributed by atoms with E-state index in [4.69, 9.17) is 5.11 Å². The molecule has 6 nitrogen and oxygen atoms in total. The van der Waals surface area contributed by atoms with Gasteiger partial charge in [-0.05, 0) is 29.7 Å². The molecular formula is C11H20N4O2. The van der Waals surface area contributed by atoms with E-state index in [0.717, 1.165) is 50.9 Å². The van der Waals surface area contributed by atoms with Crippen LogP contribution in [0.3, 0.4) is 0 Å². The largest absolute Gasteiger partial charge is 0.481 e. The molecule has 0 radical (unpaired) electrons. The Morgan fingerprint density at radius 1 is 1.29 bits per heavy atom. The fourth-order valence-electron chi connectivity index (χ4n) is 1.63. The van der Waals surface area contributed by atoms with Gasteiger partial charge in [0.25, 0.3) is 0 Å². The number of carboxylic acid groups (broad SMARTS) is 1. The number of nitrogens with zero attached hydrogens (tertiary/aromatic N) is 4. The lowest BCUT2D eigenvalue weighted by Crippen LogP contribution is -2.06. The number of carboxylic acids is 1. The van der Waals surface area contributed by atoms with Crippen LogP contribution >= 0.6 is 0 Å². The molecule has 0 aliphatic heterocycles. The van der Waals surface area contributed by atoms with Gasteiger partial charge in [0.15, 0.2) is 5.82 Å². The molecule has 0 amide bonds. The molecule has 0 atom stereocenters. The maximum absolute atomic E-state index is 10.3. The first-order chi connectivity index (χ1) is 8.24. The summed E-state index contributed by atoms with van der Waals surface area (Å²) in [5, 5.41) is 20.1. The van der Waals surface area contributed by atoms with Crippen LogP contribution in [-0.4, -0.2) is 31.3 Å². The number of carbonyl (C=O) groups is 1. The average Bonchev–Trinajstić information content (AvgIpc) is 2.73. The number of aliphatic carboxylic acids is 1. The van der Waals surface area contributed by atoms with E-state index >= 15 is 0 Å². The third-order valence-corrected chi connectivity index (χ3v) is 2.62. The molecule has 96 valence electrons. The van der Waals surface area contributed by atoms with E-state index in [0.29, 0.717) is 0 Å². The number of tetrazole rings is 1. The second kappa shape index (κ2) is 7.76. The molecular weight excluding hydrogens is 220 g/mol. The van der Waals surface area contributed by atoms with Gasteiger partial charge >= 0.3 is 5.97 Å². The van der Waals surface area contributed by atoms with Gasteiger partial charge in [0.2, 0.25) is 0 Å². The van der Waals surface area contributed by atoms with E-state index in [1.165, 1.54) is 0 Å². The third kappa shape index (κ3) is 5.42. The minimum atomic E-state index is -0.726. The van der Waals surface area contributed by atoms with Crippen molar-refractivity contribution in [2.75, 3.05) is 0 Å². The molecule has 0 aromatic carbocycles. The summed E-state index contributed by atoms with van der Waals surface area (Å²) in [6.45, 7) is 2.92. The summed E-state index contributed by atoms with van der Waals surface area (Å²) >= 11 is 0. The molecule has 0 spiro atoms. The molecule has 1 N–H and O–H groups in total. The van der Waals surface area contributed by atoms with Crippen LogP contribution in [0.25, 0.3) is 0 Å². The normalized spacial score (nSPS) is 10.6. The van der Waals surface area contributed by atoms with E-state index in [9.17, 15) is 4.79 Å². The minimum Gasteiger partial charge on any atom is -0.481 e. The molecule has 1 rings (SSSR count). The molecule has 1 aromatic heterocycles. The number of hydrogen-bond acceptors (Lipinski definition) is 4. The van der Waals surface area contributed by atoms with Crippen molar-refractivity contribution in [3.63, 3.8) is 0 Å². The fourth-order valence-corrected chi connectivity index (χ4v) is 1.63. The van der Waals surface area contributed by atoms with Crippen LogP contribution in [-0.2, 0) is 17.8 Å². The Morgan fingerprint density at radius 3 is 2.82 bits per heavy atom. The topological polar surface area (TPSA) is 80.9 Å². The summed E-state index contributed by atoms with van der Waals surface area (Å²) in [6, 6.07) is 0. The van der Waals surface area contributed by atoms with Crippen molar-refractivity contribution in [1.82, 2.24) is 20.2 Å². The van der Waals surface area contributed by atoms with Gasteiger partial charge in [0.1, 0.15) is 0 Å². The SMILES string of the molecule is CCCCc1nnnn1CCCCCC(=O)O. The number of hydrogen-bond donors (Lipinski definition) is 1. The zero-order valence-electron chi connectivity index (χ0n) is 10.3. The Bertz CT molecular complexity index is 338. The third-order valence-electron chi connectivity index (χ3n) is 2.62. The van der Waals surface area contributed by atoms with Crippen LogP contribution in [0.2, 0.25) is 0 Å². The van der Waals surface area contributed by atoms with E-state index in [-0.39, 0.29) is 6.42 Å². The highest BCUT2D eigenvalue weighted by Crippen LogP contribution is 2.05. The predicted molar refractivity (Wildman–Crippen MR) is 62.5 cm³/mol. The van der Waals surface area contributed by atoms with E-state index in [1.807, 2.05) is 4.68 Å². The molecule has 6 heteroatoms. The summed E-state index contributed by atoms with van der Waals surface area (Å²) in [5.74, 6) is 0.209. The van der Waals surface area contributed by atoms with Crippen molar-refractivity contribution < 1.29 is 9.90 Å². The summed E-state index contributed by atoms with van der Waals surface area (Å²) in [5.41, 5.74) is 0. The van der Waals surface area contributed by atoms with Gasteiger partial charge in [0, 0.05) is 19.4 Å². The molecule has 1 aromatic rings. The van der Waals surface area contributed by atoms with Gasteiger partial charge in [-0.25, -0.2) is 4.68 Å². The van der Waals surface area contributed by atoms with E-state index in [1.54, 1.807) is 0 Å². The second-order valence-corrected chi connectivity index (χ2v) is 4.13. The monoisotopic (exact) mass is 240 g/mol. The highest BCUT2D eigenvalue weighted by molar-refractivity contribution is 5.66. The van der Waals surface area contributed by atoms with Gasteiger partial charge < -0.3 is 5.11 Å². The number of rotatable bonds is 9. The van der Waals surface area contributed by atoms with Crippen LogP contribution in [0.15, 0.2) is 0 Å². The van der Waals surface area contributed by atoms with Crippen molar-refractivity contribution in [1.29, 1.82) is 0 Å². The molecule has 0 bridgehead atoms. The molecule has 0 saturated carbocycles.